The van der Waals surface area contributed by atoms with Crippen LogP contribution in [0.3, 0.4) is 0 Å². The number of ketones is 1. The molecule has 1 fully saturated rings. The average molecular weight is 564 g/mol. The van der Waals surface area contributed by atoms with E-state index >= 15 is 0 Å². The van der Waals surface area contributed by atoms with E-state index in [1.54, 1.807) is 30.3 Å². The number of hydrogen-bond acceptors (Lipinski definition) is 8. The Kier molecular flexibility index (Phi) is 7.25. The van der Waals surface area contributed by atoms with Crippen molar-refractivity contribution in [2.24, 2.45) is 5.41 Å². The number of nitrogens with zero attached hydrogens (tertiary/aromatic N) is 5. The van der Waals surface area contributed by atoms with Crippen molar-refractivity contribution < 1.29 is 18.0 Å². The fourth-order valence-electron chi connectivity index (χ4n) is 4.36. The molecule has 0 atom stereocenters. The predicted octanol–water partition coefficient (Wildman–Crippen LogP) is 6.20. The summed E-state index contributed by atoms with van der Waals surface area (Å²) < 4.78 is 40.0. The zero-order chi connectivity index (χ0) is 28.5. The fraction of sp³-hybridized carbons (Fsp3) is 0.250. The normalized spacial score (nSPS) is 14.3. The van der Waals surface area contributed by atoms with Gasteiger partial charge in [0.25, 0.3) is 0 Å². The molecule has 2 aromatic heterocycles. The number of nitrogens with one attached hydrogen (secondary N) is 2. The van der Waals surface area contributed by atoms with Crippen LogP contribution in [0.2, 0.25) is 0 Å². The molecule has 0 spiro atoms. The zero-order valence-corrected chi connectivity index (χ0v) is 22.4. The molecule has 0 radical (unpaired) electrons. The standard InChI is InChI=1S/C28H24F3N7OS/c1-17-11-24(37-36-17)33-23-13-25(38-15-27(2,14-32)16-38)35-26(34-23)40-19-9-7-18(8-10-19)12-22(39)20-5-3-4-6-21(20)28(29,30)31/h3-11,13H,12,15-16H2,1-2H3,(H2,33,34,35,36,37). The van der Waals surface area contributed by atoms with Crippen LogP contribution >= 0.6 is 11.8 Å². The Morgan fingerprint density at radius 1 is 1.12 bits per heavy atom. The highest BCUT2D eigenvalue weighted by Crippen LogP contribution is 2.36. The van der Waals surface area contributed by atoms with E-state index in [1.165, 1.54) is 30.0 Å². The van der Waals surface area contributed by atoms with Gasteiger partial charge in [0, 0.05) is 47.8 Å². The number of halogens is 3. The van der Waals surface area contributed by atoms with E-state index in [-0.39, 0.29) is 12.0 Å². The van der Waals surface area contributed by atoms with Crippen molar-refractivity contribution in [1.29, 1.82) is 5.26 Å². The molecule has 40 heavy (non-hydrogen) atoms. The van der Waals surface area contributed by atoms with Crippen LogP contribution in [0.4, 0.5) is 30.6 Å². The van der Waals surface area contributed by atoms with Gasteiger partial charge in [0.2, 0.25) is 0 Å². The Balaban J connectivity index is 1.33. The largest absolute Gasteiger partial charge is 0.417 e. The van der Waals surface area contributed by atoms with Gasteiger partial charge >= 0.3 is 6.18 Å². The first-order valence-electron chi connectivity index (χ1n) is 12.3. The molecule has 1 saturated heterocycles. The summed E-state index contributed by atoms with van der Waals surface area (Å²) in [4.78, 5) is 24.8. The number of anilines is 3. The number of aryl methyl sites for hydroxylation is 1. The highest BCUT2D eigenvalue weighted by atomic mass is 32.2. The number of hydrogen-bond donors (Lipinski definition) is 2. The predicted molar refractivity (Wildman–Crippen MR) is 145 cm³/mol. The van der Waals surface area contributed by atoms with Crippen LogP contribution in [-0.4, -0.2) is 39.0 Å². The highest BCUT2D eigenvalue weighted by molar-refractivity contribution is 7.99. The van der Waals surface area contributed by atoms with Gasteiger partial charge in [0.05, 0.1) is 17.0 Å². The molecule has 0 bridgehead atoms. The molecule has 2 aromatic carbocycles. The summed E-state index contributed by atoms with van der Waals surface area (Å²) in [5.74, 6) is 1.21. The number of aromatic nitrogens is 4. The Morgan fingerprint density at radius 2 is 1.85 bits per heavy atom. The number of nitriles is 1. The quantitative estimate of drug-likeness (QED) is 0.193. The van der Waals surface area contributed by atoms with Crippen molar-refractivity contribution in [2.45, 2.75) is 36.5 Å². The third-order valence-corrected chi connectivity index (χ3v) is 7.23. The first kappa shape index (κ1) is 27.2. The number of benzene rings is 2. The number of aromatic amines is 1. The van der Waals surface area contributed by atoms with Crippen LogP contribution in [0.25, 0.3) is 0 Å². The fourth-order valence-corrected chi connectivity index (χ4v) is 5.13. The molecule has 0 aliphatic carbocycles. The maximum absolute atomic E-state index is 13.3. The number of carbonyl (C=O) groups excluding carboxylic acids is 1. The van der Waals surface area contributed by atoms with Gasteiger partial charge in [0.1, 0.15) is 11.6 Å². The van der Waals surface area contributed by atoms with Gasteiger partial charge in [-0.2, -0.15) is 23.5 Å². The Hall–Kier alpha value is -4.37. The molecule has 2 N–H and O–H groups in total. The van der Waals surface area contributed by atoms with Gasteiger partial charge in [-0.25, -0.2) is 9.97 Å². The molecule has 0 unspecified atom stereocenters. The van der Waals surface area contributed by atoms with E-state index in [9.17, 15) is 23.2 Å². The monoisotopic (exact) mass is 563 g/mol. The van der Waals surface area contributed by atoms with E-state index < -0.39 is 22.9 Å². The van der Waals surface area contributed by atoms with Crippen LogP contribution in [0, 0.1) is 23.7 Å². The first-order valence-corrected chi connectivity index (χ1v) is 13.1. The number of Topliss-reactive ketones (excluding diaryl/α,β-unsaturated/α-hetero) is 1. The molecule has 8 nitrogen and oxygen atoms in total. The van der Waals surface area contributed by atoms with Crippen molar-refractivity contribution in [3.05, 3.63) is 83.0 Å². The van der Waals surface area contributed by atoms with E-state index in [4.69, 9.17) is 0 Å². The topological polar surface area (TPSA) is 111 Å². The molecule has 0 amide bonds. The maximum atomic E-state index is 13.3. The van der Waals surface area contributed by atoms with Crippen LogP contribution in [0.15, 0.2) is 70.7 Å². The molecule has 5 rings (SSSR count). The van der Waals surface area contributed by atoms with Crippen LogP contribution in [0.5, 0.6) is 0 Å². The summed E-state index contributed by atoms with van der Waals surface area (Å²) >= 11 is 1.30. The summed E-state index contributed by atoms with van der Waals surface area (Å²) in [7, 11) is 0. The number of H-pyrrole nitrogens is 1. The summed E-state index contributed by atoms with van der Waals surface area (Å²) in [5.41, 5.74) is -0.229. The second-order valence-electron chi connectivity index (χ2n) is 9.87. The van der Waals surface area contributed by atoms with E-state index in [0.717, 1.165) is 16.7 Å². The molecule has 4 aromatic rings. The van der Waals surface area contributed by atoms with Gasteiger partial charge in [-0.3, -0.25) is 9.89 Å². The Labute approximate surface area is 232 Å². The second-order valence-corrected chi connectivity index (χ2v) is 10.9. The lowest BCUT2D eigenvalue weighted by atomic mass is 9.84. The van der Waals surface area contributed by atoms with Crippen LogP contribution in [-0.2, 0) is 12.6 Å². The second kappa shape index (κ2) is 10.7. The minimum absolute atomic E-state index is 0.159. The van der Waals surface area contributed by atoms with E-state index in [0.29, 0.717) is 41.3 Å². The third kappa shape index (κ3) is 6.10. The van der Waals surface area contributed by atoms with Gasteiger partial charge in [0.15, 0.2) is 16.8 Å². The summed E-state index contributed by atoms with van der Waals surface area (Å²) in [6, 6.07) is 17.8. The highest BCUT2D eigenvalue weighted by Gasteiger charge is 2.40. The molecular formula is C28H24F3N7OS. The van der Waals surface area contributed by atoms with Crippen molar-refractivity contribution in [2.75, 3.05) is 23.3 Å². The minimum atomic E-state index is -4.60. The number of alkyl halides is 3. The smallest absolute Gasteiger partial charge is 0.353 e. The minimum Gasteiger partial charge on any atom is -0.353 e. The Morgan fingerprint density at radius 3 is 2.50 bits per heavy atom. The van der Waals surface area contributed by atoms with Crippen LogP contribution < -0.4 is 10.2 Å². The van der Waals surface area contributed by atoms with Gasteiger partial charge in [-0.05, 0) is 49.4 Å². The maximum Gasteiger partial charge on any atom is 0.417 e. The van der Waals surface area contributed by atoms with Gasteiger partial charge < -0.3 is 10.2 Å². The van der Waals surface area contributed by atoms with Gasteiger partial charge in [-0.15, -0.1) is 0 Å². The Bertz CT molecular complexity index is 1590. The van der Waals surface area contributed by atoms with Crippen molar-refractivity contribution in [3.63, 3.8) is 0 Å². The van der Waals surface area contributed by atoms with Gasteiger partial charge in [-0.1, -0.05) is 30.3 Å². The molecule has 0 saturated carbocycles. The molecule has 12 heteroatoms. The van der Waals surface area contributed by atoms with E-state index in [2.05, 4.69) is 31.6 Å². The van der Waals surface area contributed by atoms with Crippen molar-refractivity contribution >= 4 is 35.0 Å². The number of carbonyl (C=O) groups is 1. The van der Waals surface area contributed by atoms with Crippen molar-refractivity contribution in [1.82, 2.24) is 20.2 Å². The summed E-state index contributed by atoms with van der Waals surface area (Å²) in [6.07, 6.45) is -4.76. The molecule has 204 valence electrons. The molecular weight excluding hydrogens is 539 g/mol. The lowest BCUT2D eigenvalue weighted by Crippen LogP contribution is -2.54. The van der Waals surface area contributed by atoms with Crippen molar-refractivity contribution in [3.8, 4) is 6.07 Å². The molecule has 3 heterocycles. The lowest BCUT2D eigenvalue weighted by molar-refractivity contribution is -0.137. The summed E-state index contributed by atoms with van der Waals surface area (Å²) in [6.45, 7) is 4.89. The third-order valence-electron chi connectivity index (χ3n) is 6.36. The summed E-state index contributed by atoms with van der Waals surface area (Å²) in [5, 5.41) is 20.1. The number of rotatable bonds is 8. The van der Waals surface area contributed by atoms with E-state index in [1.807, 2.05) is 24.8 Å². The SMILES string of the molecule is Cc1cc(Nc2cc(N3CC(C)(C#N)C3)nc(Sc3ccc(CC(=O)c4ccccc4C(F)(F)F)cc3)n2)n[nH]1. The molecule has 1 aliphatic heterocycles. The van der Waals surface area contributed by atoms with Crippen LogP contribution in [0.1, 0.15) is 34.1 Å². The zero-order valence-electron chi connectivity index (χ0n) is 21.6. The first-order chi connectivity index (χ1) is 19.0. The average Bonchev–Trinajstić information content (AvgIpc) is 3.31. The lowest BCUT2D eigenvalue weighted by Gasteiger charge is -2.44. The molecule has 1 aliphatic rings.